The quantitative estimate of drug-likeness (QED) is 0.629. The molecule has 1 N–H and O–H groups in total. The van der Waals surface area contributed by atoms with Gasteiger partial charge in [0.05, 0.1) is 6.10 Å². The molecule has 0 heterocycles. The van der Waals surface area contributed by atoms with Crippen LogP contribution in [0.1, 0.15) is 32.6 Å². The van der Waals surface area contributed by atoms with Crippen molar-refractivity contribution in [2.75, 3.05) is 0 Å². The van der Waals surface area contributed by atoms with E-state index in [-0.39, 0.29) is 6.10 Å². The highest BCUT2D eigenvalue weighted by Gasteiger charge is 2.36. The van der Waals surface area contributed by atoms with Crippen molar-refractivity contribution in [3.8, 4) is 0 Å². The predicted molar refractivity (Wildman–Crippen MR) is 38.6 cm³/mol. The van der Waals surface area contributed by atoms with Crippen LogP contribution in [-0.2, 0) is 0 Å². The minimum absolute atomic E-state index is 0.339. The van der Waals surface area contributed by atoms with Crippen molar-refractivity contribution in [3.05, 3.63) is 0 Å². The minimum atomic E-state index is -2.56. The Morgan fingerprint density at radius 1 is 1.18 bits per heavy atom. The Labute approximate surface area is 65.4 Å². The van der Waals surface area contributed by atoms with E-state index >= 15 is 0 Å². The van der Waals surface area contributed by atoms with Crippen LogP contribution in [0, 0.1) is 5.92 Å². The molecule has 0 unspecified atom stereocenters. The summed E-state index contributed by atoms with van der Waals surface area (Å²) in [5, 5.41) is 9.05. The molecule has 0 saturated heterocycles. The van der Waals surface area contributed by atoms with Gasteiger partial charge in [-0.1, -0.05) is 0 Å². The van der Waals surface area contributed by atoms with Crippen LogP contribution in [0.4, 0.5) is 8.78 Å². The van der Waals surface area contributed by atoms with Crippen molar-refractivity contribution >= 4 is 0 Å². The first kappa shape index (κ1) is 8.91. The van der Waals surface area contributed by atoms with Crippen LogP contribution >= 0.6 is 0 Å². The summed E-state index contributed by atoms with van der Waals surface area (Å²) in [5.74, 6) is -3.06. The smallest absolute Gasteiger partial charge is 0.248 e. The van der Waals surface area contributed by atoms with Crippen LogP contribution in [0.3, 0.4) is 0 Å². The van der Waals surface area contributed by atoms with E-state index in [0.717, 1.165) is 6.92 Å². The highest BCUT2D eigenvalue weighted by atomic mass is 19.3. The van der Waals surface area contributed by atoms with Crippen molar-refractivity contribution in [2.24, 2.45) is 5.92 Å². The summed E-state index contributed by atoms with van der Waals surface area (Å²) in [7, 11) is 0. The van der Waals surface area contributed by atoms with Crippen LogP contribution in [0.2, 0.25) is 0 Å². The molecule has 0 aliphatic heterocycles. The zero-order valence-corrected chi connectivity index (χ0v) is 6.69. The summed E-state index contributed by atoms with van der Waals surface area (Å²) in [5.41, 5.74) is 0. The number of halogens is 2. The Kier molecular flexibility index (Phi) is 2.47. The van der Waals surface area contributed by atoms with E-state index < -0.39 is 11.8 Å². The zero-order chi connectivity index (χ0) is 8.48. The lowest BCUT2D eigenvalue weighted by Gasteiger charge is -2.29. The van der Waals surface area contributed by atoms with Crippen LogP contribution < -0.4 is 0 Å². The van der Waals surface area contributed by atoms with Gasteiger partial charge in [-0.15, -0.1) is 0 Å². The first-order valence-electron chi connectivity index (χ1n) is 4.06. The second kappa shape index (κ2) is 3.05. The molecular weight excluding hydrogens is 150 g/mol. The fraction of sp³-hybridized carbons (Fsp3) is 1.00. The third kappa shape index (κ3) is 2.40. The van der Waals surface area contributed by atoms with Crippen molar-refractivity contribution in [1.29, 1.82) is 0 Å². The highest BCUT2D eigenvalue weighted by molar-refractivity contribution is 4.79. The van der Waals surface area contributed by atoms with Gasteiger partial charge in [0.25, 0.3) is 0 Å². The first-order chi connectivity index (χ1) is 5.00. The van der Waals surface area contributed by atoms with Gasteiger partial charge < -0.3 is 5.11 Å². The van der Waals surface area contributed by atoms with Crippen LogP contribution in [0.25, 0.3) is 0 Å². The molecule has 1 aliphatic carbocycles. The monoisotopic (exact) mass is 164 g/mol. The van der Waals surface area contributed by atoms with Crippen molar-refractivity contribution in [3.63, 3.8) is 0 Å². The van der Waals surface area contributed by atoms with Gasteiger partial charge in [0, 0.05) is 5.92 Å². The highest BCUT2D eigenvalue weighted by Crippen LogP contribution is 2.35. The zero-order valence-electron chi connectivity index (χ0n) is 6.69. The van der Waals surface area contributed by atoms with Gasteiger partial charge in [-0.25, -0.2) is 8.78 Å². The number of aliphatic hydroxyl groups is 1. The first-order valence-corrected chi connectivity index (χ1v) is 4.06. The van der Waals surface area contributed by atoms with E-state index in [2.05, 4.69) is 0 Å². The molecule has 1 saturated carbocycles. The topological polar surface area (TPSA) is 20.2 Å². The molecule has 0 atom stereocenters. The Balaban J connectivity index is 2.39. The molecule has 0 aromatic heterocycles. The fourth-order valence-electron chi connectivity index (χ4n) is 1.58. The van der Waals surface area contributed by atoms with Crippen LogP contribution in [0.5, 0.6) is 0 Å². The summed E-state index contributed by atoms with van der Waals surface area (Å²) < 4.78 is 25.3. The van der Waals surface area contributed by atoms with Gasteiger partial charge in [0.15, 0.2) is 0 Å². The molecule has 0 radical (unpaired) electrons. The lowest BCUT2D eigenvalue weighted by Crippen LogP contribution is -2.30. The molecule has 0 aromatic rings. The molecule has 11 heavy (non-hydrogen) atoms. The molecule has 0 amide bonds. The van der Waals surface area contributed by atoms with Gasteiger partial charge in [-0.05, 0) is 32.6 Å². The molecule has 3 heteroatoms. The van der Waals surface area contributed by atoms with E-state index in [1.165, 1.54) is 0 Å². The van der Waals surface area contributed by atoms with Gasteiger partial charge in [-0.2, -0.15) is 0 Å². The summed E-state index contributed by atoms with van der Waals surface area (Å²) in [6.07, 6.45) is 1.66. The second-order valence-electron chi connectivity index (χ2n) is 3.46. The van der Waals surface area contributed by atoms with E-state index in [9.17, 15) is 8.78 Å². The fourth-order valence-corrected chi connectivity index (χ4v) is 1.58. The molecule has 1 nitrogen and oxygen atoms in total. The molecule has 66 valence electrons. The van der Waals surface area contributed by atoms with Crippen molar-refractivity contribution in [1.82, 2.24) is 0 Å². The Morgan fingerprint density at radius 3 is 2.00 bits per heavy atom. The molecule has 1 fully saturated rings. The van der Waals surface area contributed by atoms with E-state index in [4.69, 9.17) is 5.11 Å². The summed E-state index contributed by atoms with van der Waals surface area (Å²) in [6, 6.07) is 0. The summed E-state index contributed by atoms with van der Waals surface area (Å²) >= 11 is 0. The van der Waals surface area contributed by atoms with E-state index in [1.807, 2.05) is 0 Å². The van der Waals surface area contributed by atoms with Gasteiger partial charge in [0.2, 0.25) is 5.92 Å². The molecule has 0 aromatic carbocycles. The summed E-state index contributed by atoms with van der Waals surface area (Å²) in [6.45, 7) is 0.968. The number of rotatable bonds is 1. The number of hydrogen-bond donors (Lipinski definition) is 1. The normalized spacial score (nSPS) is 33.8. The SMILES string of the molecule is CC(F)(F)C1CCC(O)CC1. The van der Waals surface area contributed by atoms with E-state index in [1.54, 1.807) is 0 Å². The number of alkyl halides is 2. The maximum atomic E-state index is 12.7. The second-order valence-corrected chi connectivity index (χ2v) is 3.46. The number of hydrogen-bond acceptors (Lipinski definition) is 1. The average Bonchev–Trinajstić information content (AvgIpc) is 1.86. The lowest BCUT2D eigenvalue weighted by molar-refractivity contribution is -0.0652. The van der Waals surface area contributed by atoms with Gasteiger partial charge in [-0.3, -0.25) is 0 Å². The molecule has 1 aliphatic rings. The molecule has 0 spiro atoms. The van der Waals surface area contributed by atoms with Gasteiger partial charge in [0.1, 0.15) is 0 Å². The Morgan fingerprint density at radius 2 is 1.64 bits per heavy atom. The summed E-state index contributed by atoms with van der Waals surface area (Å²) in [4.78, 5) is 0. The molecular formula is C8H14F2O. The van der Waals surface area contributed by atoms with Crippen LogP contribution in [-0.4, -0.2) is 17.1 Å². The molecule has 1 rings (SSSR count). The van der Waals surface area contributed by atoms with Crippen LogP contribution in [0.15, 0.2) is 0 Å². The maximum Gasteiger partial charge on any atom is 0.248 e. The average molecular weight is 164 g/mol. The van der Waals surface area contributed by atoms with E-state index in [0.29, 0.717) is 25.7 Å². The third-order valence-electron chi connectivity index (χ3n) is 2.41. The van der Waals surface area contributed by atoms with Crippen molar-refractivity contribution in [2.45, 2.75) is 44.6 Å². The van der Waals surface area contributed by atoms with Crippen molar-refractivity contribution < 1.29 is 13.9 Å². The lowest BCUT2D eigenvalue weighted by atomic mass is 9.84. The minimum Gasteiger partial charge on any atom is -0.393 e. The maximum absolute atomic E-state index is 12.7. The largest absolute Gasteiger partial charge is 0.393 e. The Bertz CT molecular complexity index is 123. The molecule has 0 bridgehead atoms. The number of aliphatic hydroxyl groups excluding tert-OH is 1. The third-order valence-corrected chi connectivity index (χ3v) is 2.41. The predicted octanol–water partition coefficient (Wildman–Crippen LogP) is 2.19. The van der Waals surface area contributed by atoms with Gasteiger partial charge >= 0.3 is 0 Å². The standard InChI is InChI=1S/C8H14F2O/c1-8(9,10)6-2-4-7(11)5-3-6/h6-7,11H,2-5H2,1H3. The Hall–Kier alpha value is -0.180.